The fourth-order valence-corrected chi connectivity index (χ4v) is 3.88. The number of halogens is 1. The first-order chi connectivity index (χ1) is 11.6. The van der Waals surface area contributed by atoms with Crippen LogP contribution >= 0.6 is 11.6 Å². The molecular formula is C16H20ClN5O2. The van der Waals surface area contributed by atoms with Crippen LogP contribution in [0.5, 0.6) is 0 Å². The summed E-state index contributed by atoms with van der Waals surface area (Å²) in [6, 6.07) is 7.41. The normalized spacial score (nSPS) is 29.0. The number of piperidine rings is 1. The quantitative estimate of drug-likeness (QED) is 0.580. The van der Waals surface area contributed by atoms with Crippen LogP contribution in [0, 0.1) is 5.92 Å². The summed E-state index contributed by atoms with van der Waals surface area (Å²) in [5.41, 5.74) is 5.81. The molecule has 1 aromatic rings. The number of hydrogen-bond acceptors (Lipinski definition) is 6. The Morgan fingerprint density at radius 2 is 2.04 bits per heavy atom. The Bertz CT molecular complexity index is 687. The van der Waals surface area contributed by atoms with Crippen LogP contribution in [0.4, 0.5) is 0 Å². The lowest BCUT2D eigenvalue weighted by molar-refractivity contribution is -0.124. The molecule has 24 heavy (non-hydrogen) atoms. The zero-order valence-corrected chi connectivity index (χ0v) is 13.9. The van der Waals surface area contributed by atoms with Crippen molar-refractivity contribution in [3.63, 3.8) is 0 Å². The van der Waals surface area contributed by atoms with Gasteiger partial charge in [0.2, 0.25) is 11.9 Å². The Hall–Kier alpha value is -1.67. The molecule has 3 aliphatic heterocycles. The molecule has 4 N–H and O–H groups in total. The summed E-state index contributed by atoms with van der Waals surface area (Å²) in [5, 5.41) is 14.5. The van der Waals surface area contributed by atoms with Crippen LogP contribution in [0.25, 0.3) is 0 Å². The minimum atomic E-state index is -0.941. The van der Waals surface area contributed by atoms with Crippen LogP contribution in [0.15, 0.2) is 29.3 Å². The number of carbonyl (C=O) groups excluding carboxylic acids is 1. The topological polar surface area (TPSA) is 89.0 Å². The molecule has 8 heteroatoms. The first kappa shape index (κ1) is 15.8. The molecule has 2 unspecified atom stereocenters. The Morgan fingerprint density at radius 1 is 1.29 bits per heavy atom. The number of guanidine groups is 1. The van der Waals surface area contributed by atoms with Gasteiger partial charge in [0.15, 0.2) is 0 Å². The van der Waals surface area contributed by atoms with Gasteiger partial charge in [-0.05, 0) is 18.9 Å². The number of fused-ring (bicyclic) bond motifs is 1. The molecule has 2 saturated heterocycles. The number of benzene rings is 1. The lowest BCUT2D eigenvalue weighted by atomic mass is 9.84. The molecular weight excluding hydrogens is 330 g/mol. The number of hydrazine groups is 1. The average molecular weight is 350 g/mol. The van der Waals surface area contributed by atoms with Crippen molar-refractivity contribution in [2.24, 2.45) is 10.9 Å². The van der Waals surface area contributed by atoms with E-state index in [-0.39, 0.29) is 18.0 Å². The summed E-state index contributed by atoms with van der Waals surface area (Å²) in [6.07, 6.45) is 0.842. The van der Waals surface area contributed by atoms with E-state index in [0.717, 1.165) is 5.56 Å². The third kappa shape index (κ3) is 2.67. The second-order valence-electron chi connectivity index (χ2n) is 6.52. The Kier molecular flexibility index (Phi) is 3.96. The van der Waals surface area contributed by atoms with Crippen LogP contribution < -0.4 is 16.2 Å². The monoisotopic (exact) mass is 349 g/mol. The van der Waals surface area contributed by atoms with Crippen molar-refractivity contribution in [3.05, 3.63) is 34.9 Å². The van der Waals surface area contributed by atoms with Gasteiger partial charge in [-0.2, -0.15) is 0 Å². The van der Waals surface area contributed by atoms with Gasteiger partial charge in [0.1, 0.15) is 6.17 Å². The molecule has 0 bridgehead atoms. The predicted molar refractivity (Wildman–Crippen MR) is 90.1 cm³/mol. The molecule has 128 valence electrons. The van der Waals surface area contributed by atoms with E-state index in [1.54, 1.807) is 6.07 Å². The lowest BCUT2D eigenvalue weighted by Crippen LogP contribution is -2.56. The number of hydrogen-bond donors (Lipinski definition) is 4. The van der Waals surface area contributed by atoms with E-state index in [9.17, 15) is 9.90 Å². The summed E-state index contributed by atoms with van der Waals surface area (Å²) < 4.78 is 0. The van der Waals surface area contributed by atoms with Crippen molar-refractivity contribution in [1.29, 1.82) is 0 Å². The summed E-state index contributed by atoms with van der Waals surface area (Å²) in [7, 11) is 0. The van der Waals surface area contributed by atoms with E-state index in [4.69, 9.17) is 11.6 Å². The minimum absolute atomic E-state index is 0.0190. The number of likely N-dealkylation sites (tertiary alicyclic amines) is 1. The third-order valence-corrected chi connectivity index (χ3v) is 5.38. The van der Waals surface area contributed by atoms with E-state index >= 15 is 0 Å². The fourth-order valence-electron chi connectivity index (χ4n) is 3.57. The molecule has 1 amide bonds. The van der Waals surface area contributed by atoms with Crippen molar-refractivity contribution in [1.82, 2.24) is 21.1 Å². The van der Waals surface area contributed by atoms with Gasteiger partial charge in [-0.3, -0.25) is 15.5 Å². The number of nitrogens with one attached hydrogen (secondary N) is 3. The smallest absolute Gasteiger partial charge is 0.234 e. The second-order valence-corrected chi connectivity index (χ2v) is 6.92. The molecule has 0 aromatic heterocycles. The molecule has 2 fully saturated rings. The molecule has 0 aliphatic carbocycles. The molecule has 4 rings (SSSR count). The van der Waals surface area contributed by atoms with Gasteiger partial charge in [0.05, 0.1) is 11.5 Å². The fraction of sp³-hybridized carbons (Fsp3) is 0.500. The summed E-state index contributed by atoms with van der Waals surface area (Å²) in [5.74, 6) is 0.395. The van der Waals surface area contributed by atoms with E-state index in [1.165, 1.54) is 0 Å². The van der Waals surface area contributed by atoms with Crippen LogP contribution in [-0.4, -0.2) is 47.7 Å². The molecule has 7 nitrogen and oxygen atoms in total. The van der Waals surface area contributed by atoms with E-state index in [1.807, 2.05) is 23.1 Å². The van der Waals surface area contributed by atoms with Crippen molar-refractivity contribution >= 4 is 23.5 Å². The molecule has 2 atom stereocenters. The van der Waals surface area contributed by atoms with Gasteiger partial charge in [-0.15, -0.1) is 0 Å². The second kappa shape index (κ2) is 6.00. The highest BCUT2D eigenvalue weighted by molar-refractivity contribution is 6.31. The molecule has 3 heterocycles. The number of carbonyl (C=O) groups is 1. The van der Waals surface area contributed by atoms with E-state index in [0.29, 0.717) is 43.5 Å². The standard InChI is InChI=1S/C16H20ClN5O2/c17-12-4-2-1-3-11(12)16(24)5-7-22(8-6-16)15-19-13-10(9-18-21-13)14(23)20-15/h1-4,10,13,18,21,24H,5-9H2,(H,19,20,23). The molecule has 0 saturated carbocycles. The van der Waals surface area contributed by atoms with Crippen molar-refractivity contribution in [3.8, 4) is 0 Å². The molecule has 0 radical (unpaired) electrons. The summed E-state index contributed by atoms with van der Waals surface area (Å²) in [4.78, 5) is 18.8. The van der Waals surface area contributed by atoms with Crippen molar-refractivity contribution in [2.45, 2.75) is 24.6 Å². The Morgan fingerprint density at radius 3 is 2.79 bits per heavy atom. The van der Waals surface area contributed by atoms with E-state index in [2.05, 4.69) is 21.2 Å². The highest BCUT2D eigenvalue weighted by Crippen LogP contribution is 2.36. The number of aliphatic hydroxyl groups is 1. The maximum Gasteiger partial charge on any atom is 0.234 e. The minimum Gasteiger partial charge on any atom is -0.385 e. The maximum atomic E-state index is 12.2. The van der Waals surface area contributed by atoms with Crippen LogP contribution in [-0.2, 0) is 10.4 Å². The number of nitrogens with zero attached hydrogens (tertiary/aromatic N) is 2. The number of amides is 1. The number of aliphatic imine (C=N–C) groups is 1. The van der Waals surface area contributed by atoms with Crippen molar-refractivity contribution in [2.75, 3.05) is 19.6 Å². The van der Waals surface area contributed by atoms with Gasteiger partial charge < -0.3 is 10.0 Å². The SMILES string of the molecule is O=C1NC(N2CCC(O)(c3ccccc3Cl)CC2)=NC2NNCC12. The molecule has 0 spiro atoms. The van der Waals surface area contributed by atoms with Crippen LogP contribution in [0.2, 0.25) is 5.02 Å². The molecule has 3 aliphatic rings. The summed E-state index contributed by atoms with van der Waals surface area (Å²) in [6.45, 7) is 1.79. The third-order valence-electron chi connectivity index (χ3n) is 5.05. The first-order valence-corrected chi connectivity index (χ1v) is 8.54. The van der Waals surface area contributed by atoms with Gasteiger partial charge in [0, 0.05) is 30.2 Å². The predicted octanol–water partition coefficient (Wildman–Crippen LogP) is 0.159. The van der Waals surface area contributed by atoms with Crippen LogP contribution in [0.1, 0.15) is 18.4 Å². The summed E-state index contributed by atoms with van der Waals surface area (Å²) >= 11 is 6.24. The van der Waals surface area contributed by atoms with Gasteiger partial charge in [0.25, 0.3) is 0 Å². The first-order valence-electron chi connectivity index (χ1n) is 8.16. The highest BCUT2D eigenvalue weighted by atomic mass is 35.5. The zero-order chi connectivity index (χ0) is 16.7. The van der Waals surface area contributed by atoms with Crippen LogP contribution in [0.3, 0.4) is 0 Å². The van der Waals surface area contributed by atoms with Gasteiger partial charge in [-0.1, -0.05) is 29.8 Å². The number of rotatable bonds is 1. The van der Waals surface area contributed by atoms with Gasteiger partial charge >= 0.3 is 0 Å². The average Bonchev–Trinajstić information content (AvgIpc) is 3.05. The lowest BCUT2D eigenvalue weighted by Gasteiger charge is -2.41. The highest BCUT2D eigenvalue weighted by Gasteiger charge is 2.41. The zero-order valence-electron chi connectivity index (χ0n) is 13.1. The Balaban J connectivity index is 1.48. The largest absolute Gasteiger partial charge is 0.385 e. The molecule has 1 aromatic carbocycles. The van der Waals surface area contributed by atoms with Crippen molar-refractivity contribution < 1.29 is 9.90 Å². The Labute approximate surface area is 145 Å². The van der Waals surface area contributed by atoms with E-state index < -0.39 is 5.60 Å². The maximum absolute atomic E-state index is 12.2. The van der Waals surface area contributed by atoms with Gasteiger partial charge in [-0.25, -0.2) is 10.4 Å².